The van der Waals surface area contributed by atoms with E-state index in [4.69, 9.17) is 4.74 Å². The van der Waals surface area contributed by atoms with Crippen LogP contribution in [0.25, 0.3) is 0 Å². The van der Waals surface area contributed by atoms with E-state index in [1.54, 1.807) is 6.07 Å². The second-order valence-corrected chi connectivity index (χ2v) is 7.11. The molecule has 1 fully saturated rings. The fourth-order valence-corrected chi connectivity index (χ4v) is 3.42. The lowest BCUT2D eigenvalue weighted by Gasteiger charge is -2.26. The molecule has 0 atom stereocenters. The van der Waals surface area contributed by atoms with E-state index in [0.717, 1.165) is 48.9 Å². The standard InChI is InChI=1S/C21H21F3O2/c1-13-2-4-14(5-3-13)10-15-6-8-17(19(23)11-15)21(25)26-16-7-9-18(22)20(24)12-16/h6-9,11-14H,2-5,10H2,1H3. The minimum absolute atomic E-state index is 0.172. The first kappa shape index (κ1) is 18.5. The Morgan fingerprint density at radius 1 is 0.962 bits per heavy atom. The van der Waals surface area contributed by atoms with Gasteiger partial charge in [-0.25, -0.2) is 18.0 Å². The lowest BCUT2D eigenvalue weighted by Crippen LogP contribution is -2.15. The predicted octanol–water partition coefficient (Wildman–Crippen LogP) is 5.69. The summed E-state index contributed by atoms with van der Waals surface area (Å²) in [5.41, 5.74) is 0.627. The van der Waals surface area contributed by atoms with E-state index in [9.17, 15) is 18.0 Å². The first-order valence-corrected chi connectivity index (χ1v) is 8.88. The minimum Gasteiger partial charge on any atom is -0.423 e. The van der Waals surface area contributed by atoms with Crippen LogP contribution in [-0.2, 0) is 6.42 Å². The largest absolute Gasteiger partial charge is 0.423 e. The van der Waals surface area contributed by atoms with E-state index >= 15 is 0 Å². The minimum atomic E-state index is -1.13. The molecule has 0 unspecified atom stereocenters. The summed E-state index contributed by atoms with van der Waals surface area (Å²) in [6.07, 6.45) is 5.48. The molecule has 0 spiro atoms. The summed E-state index contributed by atoms with van der Waals surface area (Å²) in [5.74, 6) is -2.65. The van der Waals surface area contributed by atoms with Crippen molar-refractivity contribution >= 4 is 5.97 Å². The molecule has 1 aliphatic rings. The summed E-state index contributed by atoms with van der Waals surface area (Å²) in [5, 5.41) is 0. The van der Waals surface area contributed by atoms with Crippen LogP contribution >= 0.6 is 0 Å². The molecule has 2 nitrogen and oxygen atoms in total. The summed E-state index contributed by atoms with van der Waals surface area (Å²) >= 11 is 0. The lowest BCUT2D eigenvalue weighted by atomic mass is 9.80. The molecule has 1 aliphatic carbocycles. The Kier molecular flexibility index (Phi) is 5.64. The molecule has 2 aromatic carbocycles. The van der Waals surface area contributed by atoms with Gasteiger partial charge in [0.05, 0.1) is 5.56 Å². The van der Waals surface area contributed by atoms with Gasteiger partial charge in [0.1, 0.15) is 11.6 Å². The number of esters is 1. The van der Waals surface area contributed by atoms with Crippen LogP contribution in [0.4, 0.5) is 13.2 Å². The normalized spacial score (nSPS) is 20.0. The van der Waals surface area contributed by atoms with Gasteiger partial charge in [-0.05, 0) is 60.9 Å². The Bertz CT molecular complexity index is 796. The molecule has 2 aromatic rings. The molecule has 1 saturated carbocycles. The maximum Gasteiger partial charge on any atom is 0.346 e. The third-order valence-corrected chi connectivity index (χ3v) is 5.01. The predicted molar refractivity (Wildman–Crippen MR) is 92.5 cm³/mol. The van der Waals surface area contributed by atoms with E-state index in [2.05, 4.69) is 6.92 Å². The third kappa shape index (κ3) is 4.45. The Balaban J connectivity index is 1.66. The van der Waals surface area contributed by atoms with Gasteiger partial charge >= 0.3 is 5.97 Å². The van der Waals surface area contributed by atoms with Gasteiger partial charge in [0.15, 0.2) is 11.6 Å². The number of ether oxygens (including phenoxy) is 1. The number of rotatable bonds is 4. The van der Waals surface area contributed by atoms with Gasteiger partial charge in [-0.15, -0.1) is 0 Å². The van der Waals surface area contributed by atoms with Gasteiger partial charge in [-0.1, -0.05) is 25.8 Å². The summed E-state index contributed by atoms with van der Waals surface area (Å²) in [6.45, 7) is 2.25. The van der Waals surface area contributed by atoms with Crippen LogP contribution in [-0.4, -0.2) is 5.97 Å². The molecular formula is C21H21F3O2. The number of carbonyl (C=O) groups is 1. The Labute approximate surface area is 151 Å². The number of benzene rings is 2. The van der Waals surface area contributed by atoms with Crippen molar-refractivity contribution in [3.63, 3.8) is 0 Å². The smallest absolute Gasteiger partial charge is 0.346 e. The first-order valence-electron chi connectivity index (χ1n) is 8.88. The molecule has 0 aliphatic heterocycles. The molecule has 0 saturated heterocycles. The van der Waals surface area contributed by atoms with Crippen LogP contribution in [0, 0.1) is 29.3 Å². The number of hydrogen-bond acceptors (Lipinski definition) is 2. The van der Waals surface area contributed by atoms with Crippen molar-refractivity contribution in [2.75, 3.05) is 0 Å². The van der Waals surface area contributed by atoms with Crippen molar-refractivity contribution in [2.24, 2.45) is 11.8 Å². The Morgan fingerprint density at radius 2 is 1.69 bits per heavy atom. The van der Waals surface area contributed by atoms with Crippen LogP contribution in [0.2, 0.25) is 0 Å². The van der Waals surface area contributed by atoms with Crippen LogP contribution < -0.4 is 4.74 Å². The zero-order valence-electron chi connectivity index (χ0n) is 14.6. The van der Waals surface area contributed by atoms with Gasteiger partial charge in [0.25, 0.3) is 0 Å². The van der Waals surface area contributed by atoms with Crippen molar-refractivity contribution in [3.8, 4) is 5.75 Å². The molecule has 0 heterocycles. The molecule has 0 bridgehead atoms. The van der Waals surface area contributed by atoms with Gasteiger partial charge in [-0.2, -0.15) is 0 Å². The SMILES string of the molecule is CC1CCC(Cc2ccc(C(=O)Oc3ccc(F)c(F)c3)c(F)c2)CC1. The second kappa shape index (κ2) is 7.94. The highest BCUT2D eigenvalue weighted by atomic mass is 19.2. The van der Waals surface area contributed by atoms with Crippen LogP contribution in [0.1, 0.15) is 48.5 Å². The summed E-state index contributed by atoms with van der Waals surface area (Å²) in [7, 11) is 0. The Morgan fingerprint density at radius 3 is 2.35 bits per heavy atom. The van der Waals surface area contributed by atoms with Crippen molar-refractivity contribution in [2.45, 2.75) is 39.0 Å². The van der Waals surface area contributed by atoms with Gasteiger partial charge in [-0.3, -0.25) is 0 Å². The van der Waals surface area contributed by atoms with E-state index < -0.39 is 23.4 Å². The van der Waals surface area contributed by atoms with E-state index in [-0.39, 0.29) is 11.3 Å². The number of carbonyl (C=O) groups excluding carboxylic acids is 1. The number of hydrogen-bond donors (Lipinski definition) is 0. The average Bonchev–Trinajstić information content (AvgIpc) is 2.60. The van der Waals surface area contributed by atoms with Crippen molar-refractivity contribution in [1.29, 1.82) is 0 Å². The highest BCUT2D eigenvalue weighted by Crippen LogP contribution is 2.31. The molecular weight excluding hydrogens is 341 g/mol. The quantitative estimate of drug-likeness (QED) is 0.516. The van der Waals surface area contributed by atoms with E-state index in [1.165, 1.54) is 25.0 Å². The highest BCUT2D eigenvalue weighted by molar-refractivity contribution is 5.91. The maximum absolute atomic E-state index is 14.3. The van der Waals surface area contributed by atoms with Crippen molar-refractivity contribution in [1.82, 2.24) is 0 Å². The fraction of sp³-hybridized carbons (Fsp3) is 0.381. The maximum atomic E-state index is 14.3. The average molecular weight is 362 g/mol. The summed E-state index contributed by atoms with van der Waals surface area (Å²) in [4.78, 5) is 12.1. The van der Waals surface area contributed by atoms with E-state index in [1.807, 2.05) is 0 Å². The molecule has 26 heavy (non-hydrogen) atoms. The topological polar surface area (TPSA) is 26.3 Å². The fourth-order valence-electron chi connectivity index (χ4n) is 3.42. The molecule has 0 N–H and O–H groups in total. The lowest BCUT2D eigenvalue weighted by molar-refractivity contribution is 0.0729. The monoisotopic (exact) mass is 362 g/mol. The molecule has 0 amide bonds. The zero-order valence-corrected chi connectivity index (χ0v) is 14.6. The summed E-state index contributed by atoms with van der Waals surface area (Å²) < 4.78 is 45.3. The van der Waals surface area contributed by atoms with Gasteiger partial charge in [0.2, 0.25) is 0 Å². The van der Waals surface area contributed by atoms with Crippen molar-refractivity contribution in [3.05, 3.63) is 65.0 Å². The van der Waals surface area contributed by atoms with E-state index in [0.29, 0.717) is 5.92 Å². The van der Waals surface area contributed by atoms with Gasteiger partial charge in [0, 0.05) is 6.07 Å². The first-order chi connectivity index (χ1) is 12.4. The van der Waals surface area contributed by atoms with Crippen LogP contribution in [0.5, 0.6) is 5.75 Å². The summed E-state index contributed by atoms with van der Waals surface area (Å²) in [6, 6.07) is 7.19. The van der Waals surface area contributed by atoms with Gasteiger partial charge < -0.3 is 4.74 Å². The molecule has 0 radical (unpaired) electrons. The van der Waals surface area contributed by atoms with Crippen LogP contribution in [0.3, 0.4) is 0 Å². The molecule has 5 heteroatoms. The second-order valence-electron chi connectivity index (χ2n) is 7.11. The van der Waals surface area contributed by atoms with Crippen molar-refractivity contribution < 1.29 is 22.7 Å². The molecule has 0 aromatic heterocycles. The molecule has 3 rings (SSSR count). The van der Waals surface area contributed by atoms with Crippen LogP contribution in [0.15, 0.2) is 36.4 Å². The highest BCUT2D eigenvalue weighted by Gasteiger charge is 2.20. The molecule has 138 valence electrons. The zero-order chi connectivity index (χ0) is 18.7. The Hall–Kier alpha value is -2.30. The third-order valence-electron chi connectivity index (χ3n) is 5.01. The number of halogens is 3.